The number of carbonyl (C=O) groups is 4. The standard InChI is InChI=1S/C19H20N4O5S/c1-2-28-17(26)14-11-29-18(20-14)22-15(24)10-13-16(25)23(19(27)21-13)9-8-12-6-4-3-5-7-12/h3-7,11,13H,2,8-10H2,1H3,(H,21,27)(H,20,22,24)/t13-/m0/s1. The van der Waals surface area contributed by atoms with Crippen LogP contribution in [0.2, 0.25) is 0 Å². The fourth-order valence-electron chi connectivity index (χ4n) is 2.80. The molecule has 1 aromatic carbocycles. The number of imide groups is 1. The molecule has 2 aromatic rings. The summed E-state index contributed by atoms with van der Waals surface area (Å²) in [6.07, 6.45) is 0.315. The van der Waals surface area contributed by atoms with Crippen LogP contribution in [0.3, 0.4) is 0 Å². The van der Waals surface area contributed by atoms with E-state index in [1.54, 1.807) is 6.92 Å². The smallest absolute Gasteiger partial charge is 0.357 e. The van der Waals surface area contributed by atoms with Crippen LogP contribution in [0.4, 0.5) is 9.93 Å². The van der Waals surface area contributed by atoms with Crippen molar-refractivity contribution in [1.29, 1.82) is 0 Å². The molecule has 1 aliphatic heterocycles. The minimum Gasteiger partial charge on any atom is -0.461 e. The Morgan fingerprint density at radius 1 is 1.28 bits per heavy atom. The highest BCUT2D eigenvalue weighted by Crippen LogP contribution is 2.18. The summed E-state index contributed by atoms with van der Waals surface area (Å²) in [5.74, 6) is -1.50. The molecular weight excluding hydrogens is 396 g/mol. The van der Waals surface area contributed by atoms with Gasteiger partial charge < -0.3 is 15.4 Å². The molecule has 0 bridgehead atoms. The third-order valence-corrected chi connectivity index (χ3v) is 4.96. The first-order valence-electron chi connectivity index (χ1n) is 9.06. The van der Waals surface area contributed by atoms with Gasteiger partial charge in [-0.3, -0.25) is 14.5 Å². The second-order valence-corrected chi connectivity index (χ2v) is 7.10. The van der Waals surface area contributed by atoms with Crippen molar-refractivity contribution in [2.75, 3.05) is 18.5 Å². The van der Waals surface area contributed by atoms with Crippen LogP contribution >= 0.6 is 11.3 Å². The molecule has 0 radical (unpaired) electrons. The van der Waals surface area contributed by atoms with Crippen LogP contribution in [0.5, 0.6) is 0 Å². The minimum absolute atomic E-state index is 0.101. The number of nitrogens with zero attached hydrogens (tertiary/aromatic N) is 2. The molecule has 1 aliphatic rings. The van der Waals surface area contributed by atoms with E-state index in [1.807, 2.05) is 30.3 Å². The number of esters is 1. The van der Waals surface area contributed by atoms with Gasteiger partial charge in [-0.05, 0) is 18.9 Å². The van der Waals surface area contributed by atoms with E-state index in [4.69, 9.17) is 4.74 Å². The molecule has 1 saturated heterocycles. The molecule has 0 aliphatic carbocycles. The largest absolute Gasteiger partial charge is 0.461 e. The van der Waals surface area contributed by atoms with E-state index in [2.05, 4.69) is 15.6 Å². The number of thiazole rings is 1. The average Bonchev–Trinajstić information content (AvgIpc) is 3.26. The summed E-state index contributed by atoms with van der Waals surface area (Å²) in [6, 6.07) is 8.07. The lowest BCUT2D eigenvalue weighted by Gasteiger charge is -2.12. The second kappa shape index (κ2) is 9.28. The molecule has 0 spiro atoms. The Morgan fingerprint density at radius 2 is 2.03 bits per heavy atom. The van der Waals surface area contributed by atoms with E-state index in [-0.39, 0.29) is 30.4 Å². The maximum Gasteiger partial charge on any atom is 0.357 e. The van der Waals surface area contributed by atoms with Gasteiger partial charge in [0.1, 0.15) is 6.04 Å². The Labute approximate surface area is 171 Å². The molecule has 10 heteroatoms. The van der Waals surface area contributed by atoms with E-state index in [0.29, 0.717) is 6.42 Å². The first-order chi connectivity index (χ1) is 14.0. The van der Waals surface area contributed by atoms with Gasteiger partial charge in [-0.2, -0.15) is 0 Å². The van der Waals surface area contributed by atoms with Crippen LogP contribution in [-0.4, -0.2) is 52.9 Å². The highest BCUT2D eigenvalue weighted by atomic mass is 32.1. The van der Waals surface area contributed by atoms with Crippen LogP contribution in [0, 0.1) is 0 Å². The number of anilines is 1. The highest BCUT2D eigenvalue weighted by Gasteiger charge is 2.38. The molecule has 2 heterocycles. The van der Waals surface area contributed by atoms with E-state index in [9.17, 15) is 19.2 Å². The molecular formula is C19H20N4O5S. The van der Waals surface area contributed by atoms with Crippen molar-refractivity contribution >= 4 is 40.3 Å². The first-order valence-corrected chi connectivity index (χ1v) is 9.94. The van der Waals surface area contributed by atoms with E-state index in [1.165, 1.54) is 5.38 Å². The molecule has 2 N–H and O–H groups in total. The molecule has 1 fully saturated rings. The van der Waals surface area contributed by atoms with Gasteiger partial charge in [-0.15, -0.1) is 11.3 Å². The lowest BCUT2D eigenvalue weighted by molar-refractivity contribution is -0.129. The molecule has 1 aromatic heterocycles. The minimum atomic E-state index is -0.928. The number of hydrogen-bond donors (Lipinski definition) is 2. The van der Waals surface area contributed by atoms with Gasteiger partial charge in [0.25, 0.3) is 5.91 Å². The number of ether oxygens (including phenoxy) is 1. The van der Waals surface area contributed by atoms with Gasteiger partial charge in [0.15, 0.2) is 10.8 Å². The zero-order valence-corrected chi connectivity index (χ0v) is 16.5. The van der Waals surface area contributed by atoms with Crippen molar-refractivity contribution < 1.29 is 23.9 Å². The normalized spacial score (nSPS) is 15.9. The predicted octanol–water partition coefficient (Wildman–Crippen LogP) is 1.81. The van der Waals surface area contributed by atoms with Crippen molar-refractivity contribution in [3.63, 3.8) is 0 Å². The summed E-state index contributed by atoms with van der Waals surface area (Å²) in [6.45, 7) is 2.15. The summed E-state index contributed by atoms with van der Waals surface area (Å²) in [5, 5.41) is 6.76. The lowest BCUT2D eigenvalue weighted by atomic mass is 10.1. The zero-order valence-electron chi connectivity index (χ0n) is 15.7. The van der Waals surface area contributed by atoms with E-state index < -0.39 is 29.9 Å². The van der Waals surface area contributed by atoms with Crippen molar-refractivity contribution in [1.82, 2.24) is 15.2 Å². The highest BCUT2D eigenvalue weighted by molar-refractivity contribution is 7.14. The molecule has 3 rings (SSSR count). The van der Waals surface area contributed by atoms with Gasteiger partial charge in [0.2, 0.25) is 5.91 Å². The van der Waals surface area contributed by atoms with Gasteiger partial charge in [0, 0.05) is 11.9 Å². The van der Waals surface area contributed by atoms with Crippen LogP contribution in [-0.2, 0) is 20.7 Å². The Balaban J connectivity index is 1.52. The number of hydrogen-bond acceptors (Lipinski definition) is 7. The average molecular weight is 416 g/mol. The number of aromatic nitrogens is 1. The van der Waals surface area contributed by atoms with Crippen molar-refractivity contribution in [2.24, 2.45) is 0 Å². The van der Waals surface area contributed by atoms with Crippen LogP contribution in [0.1, 0.15) is 29.4 Å². The quantitative estimate of drug-likeness (QED) is 0.501. The van der Waals surface area contributed by atoms with Gasteiger partial charge in [0.05, 0.1) is 13.0 Å². The fraction of sp³-hybridized carbons (Fsp3) is 0.316. The third-order valence-electron chi connectivity index (χ3n) is 4.20. The Hall–Kier alpha value is -3.27. The van der Waals surface area contributed by atoms with Crippen molar-refractivity contribution in [3.8, 4) is 0 Å². The van der Waals surface area contributed by atoms with Gasteiger partial charge in [-0.25, -0.2) is 14.6 Å². The topological polar surface area (TPSA) is 118 Å². The Bertz CT molecular complexity index is 914. The monoisotopic (exact) mass is 416 g/mol. The van der Waals surface area contributed by atoms with Crippen molar-refractivity contribution in [3.05, 3.63) is 47.0 Å². The van der Waals surface area contributed by atoms with Crippen LogP contribution < -0.4 is 10.6 Å². The van der Waals surface area contributed by atoms with Gasteiger partial charge >= 0.3 is 12.0 Å². The lowest BCUT2D eigenvalue weighted by Crippen LogP contribution is -2.34. The van der Waals surface area contributed by atoms with Crippen molar-refractivity contribution in [2.45, 2.75) is 25.8 Å². The molecule has 1 atom stereocenters. The number of carbonyl (C=O) groups excluding carboxylic acids is 4. The third kappa shape index (κ3) is 5.17. The molecule has 0 saturated carbocycles. The number of rotatable bonds is 8. The van der Waals surface area contributed by atoms with Gasteiger partial charge in [-0.1, -0.05) is 30.3 Å². The fourth-order valence-corrected chi connectivity index (χ4v) is 3.49. The molecule has 9 nitrogen and oxygen atoms in total. The summed E-state index contributed by atoms with van der Waals surface area (Å²) in [7, 11) is 0. The molecule has 152 valence electrons. The van der Waals surface area contributed by atoms with E-state index in [0.717, 1.165) is 21.8 Å². The van der Waals surface area contributed by atoms with Crippen LogP contribution in [0.15, 0.2) is 35.7 Å². The Kier molecular flexibility index (Phi) is 6.55. The number of amides is 4. The summed E-state index contributed by atoms with van der Waals surface area (Å²) in [5.41, 5.74) is 1.11. The first kappa shape index (κ1) is 20.5. The predicted molar refractivity (Wildman–Crippen MR) is 105 cm³/mol. The molecule has 0 unspecified atom stereocenters. The number of nitrogens with one attached hydrogen (secondary N) is 2. The summed E-state index contributed by atoms with van der Waals surface area (Å²) in [4.78, 5) is 53.5. The molecule has 29 heavy (non-hydrogen) atoms. The zero-order chi connectivity index (χ0) is 20.8. The summed E-state index contributed by atoms with van der Waals surface area (Å²) < 4.78 is 4.84. The second-order valence-electron chi connectivity index (χ2n) is 6.24. The number of urea groups is 1. The molecule has 4 amide bonds. The van der Waals surface area contributed by atoms with Crippen LogP contribution in [0.25, 0.3) is 0 Å². The Morgan fingerprint density at radius 3 is 2.76 bits per heavy atom. The van der Waals surface area contributed by atoms with E-state index >= 15 is 0 Å². The maximum absolute atomic E-state index is 12.5. The SMILES string of the molecule is CCOC(=O)c1csc(NC(=O)C[C@@H]2NC(=O)N(CCc3ccccc3)C2=O)n1. The number of benzene rings is 1. The summed E-state index contributed by atoms with van der Waals surface area (Å²) >= 11 is 1.07. The maximum atomic E-state index is 12.5.